The van der Waals surface area contributed by atoms with E-state index in [4.69, 9.17) is 14.2 Å². The van der Waals surface area contributed by atoms with Gasteiger partial charge in [0, 0.05) is 5.56 Å². The molecule has 0 radical (unpaired) electrons. The smallest absolute Gasteiger partial charge is 0.185 e. The van der Waals surface area contributed by atoms with E-state index in [1.807, 2.05) is 6.92 Å². The number of hydrogen-bond acceptors (Lipinski definition) is 5. The second kappa shape index (κ2) is 7.08. The second-order valence-electron chi connectivity index (χ2n) is 5.22. The molecule has 124 valence electrons. The summed E-state index contributed by atoms with van der Waals surface area (Å²) in [4.78, 5) is 12.3. The van der Waals surface area contributed by atoms with Crippen LogP contribution in [0.4, 0.5) is 0 Å². The van der Waals surface area contributed by atoms with Crippen molar-refractivity contribution in [2.24, 2.45) is 0 Å². The van der Waals surface area contributed by atoms with Crippen LogP contribution in [0.3, 0.4) is 0 Å². The number of phenolic OH excluding ortho intramolecular Hbond substituents is 1. The molecule has 3 rings (SSSR count). The minimum Gasteiger partial charge on any atom is -0.504 e. The molecule has 2 aromatic carbocycles. The standard InChI is InChI=1S/C19H18O5/c1-2-22-18-11-13(4-7-16(18)21)3-6-15(20)14-5-8-17-19(12-14)24-10-9-23-17/h3-8,11-12,21H,2,9-10H2,1H3/b6-3+. The molecule has 1 N–H and O–H groups in total. The van der Waals surface area contributed by atoms with Gasteiger partial charge in [0.15, 0.2) is 28.8 Å². The summed E-state index contributed by atoms with van der Waals surface area (Å²) in [6.45, 7) is 3.29. The quantitative estimate of drug-likeness (QED) is 0.673. The summed E-state index contributed by atoms with van der Waals surface area (Å²) < 4.78 is 16.3. The van der Waals surface area contributed by atoms with Crippen molar-refractivity contribution in [1.29, 1.82) is 0 Å². The van der Waals surface area contributed by atoms with E-state index in [9.17, 15) is 9.90 Å². The van der Waals surface area contributed by atoms with Crippen LogP contribution in [-0.4, -0.2) is 30.7 Å². The Balaban J connectivity index is 1.77. The van der Waals surface area contributed by atoms with Gasteiger partial charge in [0.1, 0.15) is 13.2 Å². The van der Waals surface area contributed by atoms with Crippen LogP contribution >= 0.6 is 0 Å². The van der Waals surface area contributed by atoms with Crippen molar-refractivity contribution in [3.63, 3.8) is 0 Å². The Bertz CT molecular complexity index is 779. The van der Waals surface area contributed by atoms with Crippen molar-refractivity contribution in [2.75, 3.05) is 19.8 Å². The Morgan fingerprint density at radius 3 is 2.75 bits per heavy atom. The monoisotopic (exact) mass is 326 g/mol. The number of phenols is 1. The molecule has 0 atom stereocenters. The molecule has 1 aliphatic rings. The summed E-state index contributed by atoms with van der Waals surface area (Å²) in [7, 11) is 0. The van der Waals surface area contributed by atoms with Crippen LogP contribution in [0, 0.1) is 0 Å². The average Bonchev–Trinajstić information content (AvgIpc) is 2.62. The molecule has 2 aromatic rings. The second-order valence-corrected chi connectivity index (χ2v) is 5.22. The molecular weight excluding hydrogens is 308 g/mol. The summed E-state index contributed by atoms with van der Waals surface area (Å²) in [5.41, 5.74) is 1.29. The van der Waals surface area contributed by atoms with Crippen molar-refractivity contribution in [3.05, 3.63) is 53.6 Å². The largest absolute Gasteiger partial charge is 0.504 e. The van der Waals surface area contributed by atoms with Gasteiger partial charge in [0.05, 0.1) is 6.61 Å². The highest BCUT2D eigenvalue weighted by Crippen LogP contribution is 2.31. The van der Waals surface area contributed by atoms with Crippen molar-refractivity contribution in [1.82, 2.24) is 0 Å². The summed E-state index contributed by atoms with van der Waals surface area (Å²) in [6, 6.07) is 10.1. The lowest BCUT2D eigenvalue weighted by atomic mass is 10.1. The maximum absolute atomic E-state index is 12.3. The molecular formula is C19H18O5. The highest BCUT2D eigenvalue weighted by atomic mass is 16.6. The maximum Gasteiger partial charge on any atom is 0.185 e. The van der Waals surface area contributed by atoms with Crippen molar-refractivity contribution < 1.29 is 24.1 Å². The van der Waals surface area contributed by atoms with Gasteiger partial charge in [-0.3, -0.25) is 4.79 Å². The van der Waals surface area contributed by atoms with Crippen LogP contribution in [0.25, 0.3) is 6.08 Å². The predicted octanol–water partition coefficient (Wildman–Crippen LogP) is 3.46. The van der Waals surface area contributed by atoms with E-state index in [1.165, 1.54) is 6.08 Å². The third kappa shape index (κ3) is 3.51. The third-order valence-corrected chi connectivity index (χ3v) is 3.54. The van der Waals surface area contributed by atoms with E-state index >= 15 is 0 Å². The molecule has 0 spiro atoms. The van der Waals surface area contributed by atoms with Gasteiger partial charge < -0.3 is 19.3 Å². The van der Waals surface area contributed by atoms with Gasteiger partial charge in [-0.15, -0.1) is 0 Å². The van der Waals surface area contributed by atoms with Crippen molar-refractivity contribution in [3.8, 4) is 23.0 Å². The van der Waals surface area contributed by atoms with Gasteiger partial charge in [-0.2, -0.15) is 0 Å². The Morgan fingerprint density at radius 1 is 1.17 bits per heavy atom. The summed E-state index contributed by atoms with van der Waals surface area (Å²) >= 11 is 0. The molecule has 1 aliphatic heterocycles. The van der Waals surface area contributed by atoms with Crippen LogP contribution in [0.2, 0.25) is 0 Å². The van der Waals surface area contributed by atoms with Gasteiger partial charge >= 0.3 is 0 Å². The fourth-order valence-corrected chi connectivity index (χ4v) is 2.37. The highest BCUT2D eigenvalue weighted by molar-refractivity contribution is 6.07. The third-order valence-electron chi connectivity index (χ3n) is 3.54. The zero-order valence-electron chi connectivity index (χ0n) is 13.3. The topological polar surface area (TPSA) is 65.0 Å². The van der Waals surface area contributed by atoms with Crippen LogP contribution in [0.15, 0.2) is 42.5 Å². The average molecular weight is 326 g/mol. The first-order valence-electron chi connectivity index (χ1n) is 7.75. The van der Waals surface area contributed by atoms with Crippen LogP contribution in [0.1, 0.15) is 22.8 Å². The van der Waals surface area contributed by atoms with Gasteiger partial charge in [0.25, 0.3) is 0 Å². The number of ketones is 1. The number of rotatable bonds is 5. The Labute approximate surface area is 140 Å². The molecule has 5 heteroatoms. The fourth-order valence-electron chi connectivity index (χ4n) is 2.37. The fraction of sp³-hybridized carbons (Fsp3) is 0.211. The van der Waals surface area contributed by atoms with Crippen LogP contribution < -0.4 is 14.2 Å². The van der Waals surface area contributed by atoms with E-state index in [0.717, 1.165) is 5.56 Å². The molecule has 5 nitrogen and oxygen atoms in total. The van der Waals surface area contributed by atoms with Gasteiger partial charge in [-0.25, -0.2) is 0 Å². The SMILES string of the molecule is CCOc1cc(/C=C/C(=O)c2ccc3c(c2)OCCO3)ccc1O. The maximum atomic E-state index is 12.3. The number of aromatic hydroxyl groups is 1. The lowest BCUT2D eigenvalue weighted by molar-refractivity contribution is 0.104. The number of fused-ring (bicyclic) bond motifs is 1. The first-order valence-corrected chi connectivity index (χ1v) is 7.75. The number of carbonyl (C=O) groups excluding carboxylic acids is 1. The zero-order chi connectivity index (χ0) is 16.9. The molecule has 0 unspecified atom stereocenters. The molecule has 0 aromatic heterocycles. The molecule has 0 saturated carbocycles. The summed E-state index contributed by atoms with van der Waals surface area (Å²) in [5, 5.41) is 9.69. The molecule has 0 saturated heterocycles. The van der Waals surface area contributed by atoms with Gasteiger partial charge in [-0.1, -0.05) is 12.1 Å². The molecule has 1 heterocycles. The van der Waals surface area contributed by atoms with E-state index in [-0.39, 0.29) is 11.5 Å². The molecule has 0 fully saturated rings. The summed E-state index contributed by atoms with van der Waals surface area (Å²) in [5.74, 6) is 1.57. The molecule has 0 aliphatic carbocycles. The first-order chi connectivity index (χ1) is 11.7. The number of carbonyl (C=O) groups is 1. The molecule has 0 bridgehead atoms. The normalized spacial score (nSPS) is 13.0. The van der Waals surface area contributed by atoms with Crippen LogP contribution in [-0.2, 0) is 0 Å². The van der Waals surface area contributed by atoms with Crippen molar-refractivity contribution >= 4 is 11.9 Å². The van der Waals surface area contributed by atoms with E-state index in [1.54, 1.807) is 42.5 Å². The first kappa shape index (κ1) is 15.9. The number of benzene rings is 2. The predicted molar refractivity (Wildman–Crippen MR) is 90.1 cm³/mol. The Hall–Kier alpha value is -2.95. The van der Waals surface area contributed by atoms with E-state index in [0.29, 0.717) is 42.6 Å². The molecule has 0 amide bonds. The Morgan fingerprint density at radius 2 is 1.96 bits per heavy atom. The minimum atomic E-state index is -0.141. The minimum absolute atomic E-state index is 0.0761. The van der Waals surface area contributed by atoms with Gasteiger partial charge in [-0.05, 0) is 48.9 Å². The highest BCUT2D eigenvalue weighted by Gasteiger charge is 2.13. The Kier molecular flexibility index (Phi) is 4.70. The number of ether oxygens (including phenoxy) is 3. The lowest BCUT2D eigenvalue weighted by Crippen LogP contribution is -2.15. The molecule has 24 heavy (non-hydrogen) atoms. The van der Waals surface area contributed by atoms with Crippen molar-refractivity contribution in [2.45, 2.75) is 6.92 Å². The van der Waals surface area contributed by atoms with Crippen LogP contribution in [0.5, 0.6) is 23.0 Å². The number of allylic oxidation sites excluding steroid dienone is 1. The lowest BCUT2D eigenvalue weighted by Gasteiger charge is -2.18. The van der Waals surface area contributed by atoms with E-state index in [2.05, 4.69) is 0 Å². The van der Waals surface area contributed by atoms with E-state index < -0.39 is 0 Å². The zero-order valence-corrected chi connectivity index (χ0v) is 13.3. The van der Waals surface area contributed by atoms with Gasteiger partial charge in [0.2, 0.25) is 0 Å². The number of hydrogen-bond donors (Lipinski definition) is 1. The summed E-state index contributed by atoms with van der Waals surface area (Å²) in [6.07, 6.45) is 3.16.